The van der Waals surface area contributed by atoms with Crippen LogP contribution in [0.15, 0.2) is 18.7 Å². The van der Waals surface area contributed by atoms with Crippen molar-refractivity contribution in [2.24, 2.45) is 0 Å². The topological polar surface area (TPSA) is 54.8 Å². The van der Waals surface area contributed by atoms with Gasteiger partial charge in [-0.1, -0.05) is 32.2 Å². The zero-order valence-electron chi connectivity index (χ0n) is 12.6. The molecule has 0 bridgehead atoms. The summed E-state index contributed by atoms with van der Waals surface area (Å²) in [6.07, 6.45) is 6.35. The van der Waals surface area contributed by atoms with Gasteiger partial charge in [0.15, 0.2) is 13.9 Å². The Morgan fingerprint density at radius 2 is 1.85 bits per heavy atom. The third kappa shape index (κ3) is 2.47. The van der Waals surface area contributed by atoms with Gasteiger partial charge in [0, 0.05) is 6.17 Å². The Morgan fingerprint density at radius 1 is 1.05 bits per heavy atom. The van der Waals surface area contributed by atoms with Gasteiger partial charge in [0.1, 0.15) is 17.7 Å². The van der Waals surface area contributed by atoms with Crippen LogP contribution in [0.1, 0.15) is 0 Å². The number of nitrogens with zero attached hydrogens (tertiary/aromatic N) is 5. The summed E-state index contributed by atoms with van der Waals surface area (Å²) < 4.78 is 2.57. The van der Waals surface area contributed by atoms with E-state index < -0.39 is 16.3 Å². The molecule has 2 aromatic heterocycles. The largest absolute Gasteiger partial charge is 0.384 e. The quantitative estimate of drug-likeness (QED) is 0.758. The van der Waals surface area contributed by atoms with E-state index in [1.54, 1.807) is 6.20 Å². The van der Waals surface area contributed by atoms with E-state index in [4.69, 9.17) is 4.98 Å². The molecule has 0 radical (unpaired) electrons. The number of hydrogen-bond acceptors (Lipinski definition) is 5. The van der Waals surface area contributed by atoms with Crippen LogP contribution >= 0.6 is 0 Å². The maximum atomic E-state index is 4.73. The van der Waals surface area contributed by atoms with Crippen molar-refractivity contribution in [1.82, 2.24) is 19.9 Å². The highest BCUT2D eigenvalue weighted by Crippen LogP contribution is 2.33. The molecule has 0 N–H and O–H groups in total. The lowest BCUT2D eigenvalue weighted by atomic mass is 10.5. The Hall–Kier alpha value is -1.35. The first-order valence-electron chi connectivity index (χ1n) is 7.08. The van der Waals surface area contributed by atoms with Gasteiger partial charge in [0.25, 0.3) is 0 Å². The Balaban J connectivity index is 2.03. The molecule has 0 spiro atoms. The first-order chi connectivity index (χ1) is 9.37. The van der Waals surface area contributed by atoms with Gasteiger partial charge < -0.3 is 4.57 Å². The molecule has 7 heteroatoms. The van der Waals surface area contributed by atoms with Crippen molar-refractivity contribution in [2.45, 2.75) is 38.3 Å². The smallest absolute Gasteiger partial charge is 0.183 e. The van der Waals surface area contributed by atoms with Crippen molar-refractivity contribution in [3.63, 3.8) is 0 Å². The molecule has 106 valence electrons. The molecule has 2 aromatic rings. The fraction of sp³-hybridized carbons (Fsp3) is 0.538. The summed E-state index contributed by atoms with van der Waals surface area (Å²) >= 11 is 0. The number of hydrogen-bond donors (Lipinski definition) is 0. The highest BCUT2D eigenvalue weighted by Gasteiger charge is 2.41. The van der Waals surface area contributed by atoms with E-state index in [1.807, 2.05) is 6.20 Å². The number of rotatable bonds is 1. The molecule has 3 heterocycles. The molecule has 1 aliphatic heterocycles. The monoisotopic (exact) mass is 303 g/mol. The lowest BCUT2D eigenvalue weighted by Gasteiger charge is -2.47. The molecule has 0 aliphatic carbocycles. The van der Waals surface area contributed by atoms with Crippen molar-refractivity contribution in [1.29, 1.82) is 0 Å². The summed E-state index contributed by atoms with van der Waals surface area (Å²) in [7, 11) is -2.55. The van der Waals surface area contributed by atoms with Gasteiger partial charge in [-0.2, -0.15) is 0 Å². The van der Waals surface area contributed by atoms with E-state index in [1.165, 1.54) is 24.6 Å². The van der Waals surface area contributed by atoms with Gasteiger partial charge in [-0.3, -0.25) is 0 Å². The molecular formula is C13H21N5Si2. The first kappa shape index (κ1) is 13.6. The van der Waals surface area contributed by atoms with Gasteiger partial charge in [-0.05, 0) is 6.04 Å². The van der Waals surface area contributed by atoms with Crippen LogP contribution in [0.25, 0.3) is 11.2 Å². The van der Waals surface area contributed by atoms with E-state index >= 15 is 0 Å². The second-order valence-electron chi connectivity index (χ2n) is 7.02. The molecular weight excluding hydrogens is 282 g/mol. The van der Waals surface area contributed by atoms with Crippen molar-refractivity contribution in [3.8, 4) is 0 Å². The van der Waals surface area contributed by atoms with Crippen LogP contribution in [0.5, 0.6) is 0 Å². The zero-order valence-corrected chi connectivity index (χ0v) is 14.6. The third-order valence-corrected chi connectivity index (χ3v) is 11.1. The minimum absolute atomic E-state index is 0.701. The lowest BCUT2D eigenvalue weighted by molar-refractivity contribution is 1.01. The normalized spacial score (nSPS) is 21.1. The standard InChI is InChI=1S/C13H21N5Si2/c1-19(2)5-6-20(3,4)18(10-19)12-8-15-11-7-14-9-16-13(11)17-12/h7-9H,5-6,10H2,1-4H3. The molecule has 0 atom stereocenters. The van der Waals surface area contributed by atoms with E-state index in [0.29, 0.717) is 5.65 Å². The van der Waals surface area contributed by atoms with Crippen LogP contribution in [0.4, 0.5) is 5.82 Å². The number of aromatic nitrogens is 4. The maximum absolute atomic E-state index is 4.73. The average Bonchev–Trinajstić information content (AvgIpc) is 2.41. The van der Waals surface area contributed by atoms with Crippen molar-refractivity contribution in [3.05, 3.63) is 18.7 Å². The molecule has 1 fully saturated rings. The van der Waals surface area contributed by atoms with Gasteiger partial charge in [0.05, 0.1) is 20.5 Å². The average molecular weight is 304 g/mol. The summed E-state index contributed by atoms with van der Waals surface area (Å²) in [4.78, 5) is 17.4. The van der Waals surface area contributed by atoms with Crippen LogP contribution in [0.2, 0.25) is 38.3 Å². The molecule has 5 nitrogen and oxygen atoms in total. The van der Waals surface area contributed by atoms with E-state index in [0.717, 1.165) is 11.3 Å². The summed E-state index contributed by atoms with van der Waals surface area (Å²) in [5.74, 6) is 1.01. The van der Waals surface area contributed by atoms with Gasteiger partial charge in [-0.15, -0.1) is 0 Å². The summed E-state index contributed by atoms with van der Waals surface area (Å²) in [6.45, 7) is 9.81. The Morgan fingerprint density at radius 3 is 2.65 bits per heavy atom. The molecule has 0 amide bonds. The molecule has 20 heavy (non-hydrogen) atoms. The summed E-state index contributed by atoms with van der Waals surface area (Å²) in [5, 5.41) is 0. The Labute approximate surface area is 121 Å². The predicted molar refractivity (Wildman–Crippen MR) is 87.1 cm³/mol. The number of fused-ring (bicyclic) bond motifs is 1. The van der Waals surface area contributed by atoms with Crippen LogP contribution in [0.3, 0.4) is 0 Å². The Kier molecular flexibility index (Phi) is 3.13. The van der Waals surface area contributed by atoms with Crippen LogP contribution in [-0.4, -0.2) is 42.4 Å². The SMILES string of the molecule is C[Si]1(C)CC[Si](C)(C)N(c2cnc3cncnc3n2)C1. The van der Waals surface area contributed by atoms with E-state index in [-0.39, 0.29) is 0 Å². The summed E-state index contributed by atoms with van der Waals surface area (Å²) in [5.41, 5.74) is 1.47. The van der Waals surface area contributed by atoms with Gasteiger partial charge in [-0.25, -0.2) is 19.9 Å². The summed E-state index contributed by atoms with van der Waals surface area (Å²) in [6, 6.07) is 2.79. The van der Waals surface area contributed by atoms with Crippen LogP contribution in [-0.2, 0) is 0 Å². The highest BCUT2D eigenvalue weighted by molar-refractivity contribution is 6.89. The third-order valence-electron chi connectivity index (χ3n) is 4.22. The molecule has 0 saturated carbocycles. The molecule has 1 aliphatic rings. The molecule has 3 rings (SSSR count). The second kappa shape index (κ2) is 4.59. The van der Waals surface area contributed by atoms with Crippen molar-refractivity contribution >= 4 is 33.3 Å². The van der Waals surface area contributed by atoms with Crippen LogP contribution in [0, 0.1) is 0 Å². The number of anilines is 1. The minimum Gasteiger partial charge on any atom is -0.384 e. The first-order valence-corrected chi connectivity index (χ1v) is 13.6. The minimum atomic E-state index is -1.41. The van der Waals surface area contributed by atoms with Crippen LogP contribution < -0.4 is 4.57 Å². The van der Waals surface area contributed by atoms with E-state index in [2.05, 4.69) is 45.7 Å². The molecule has 1 saturated heterocycles. The fourth-order valence-corrected chi connectivity index (χ4v) is 13.1. The molecule has 0 unspecified atom stereocenters. The zero-order chi connectivity index (χ0) is 14.4. The van der Waals surface area contributed by atoms with Crippen molar-refractivity contribution in [2.75, 3.05) is 10.7 Å². The van der Waals surface area contributed by atoms with Gasteiger partial charge >= 0.3 is 0 Å². The van der Waals surface area contributed by atoms with Crippen molar-refractivity contribution < 1.29 is 0 Å². The molecule has 0 aromatic carbocycles. The maximum Gasteiger partial charge on any atom is 0.183 e. The fourth-order valence-electron chi connectivity index (χ4n) is 2.78. The van der Waals surface area contributed by atoms with E-state index in [9.17, 15) is 0 Å². The Bertz CT molecular complexity index is 643. The predicted octanol–water partition coefficient (Wildman–Crippen LogP) is 2.69. The lowest BCUT2D eigenvalue weighted by Crippen LogP contribution is -2.61. The second-order valence-corrected chi connectivity index (χ2v) is 16.8. The highest BCUT2D eigenvalue weighted by atomic mass is 28.3. The van der Waals surface area contributed by atoms with Gasteiger partial charge in [0.2, 0.25) is 0 Å².